The number of ether oxygens (including phenoxy) is 1. The molecule has 0 aliphatic carbocycles. The lowest BCUT2D eigenvalue weighted by atomic mass is 10.2. The Morgan fingerprint density at radius 3 is 2.76 bits per heavy atom. The Kier molecular flexibility index (Phi) is 2.67. The number of carbonyl (C=O) groups is 1. The Bertz CT molecular complexity index is 659. The molecule has 0 aliphatic rings. The van der Waals surface area contributed by atoms with Crippen molar-refractivity contribution in [2.45, 2.75) is 6.92 Å². The van der Waals surface area contributed by atoms with E-state index in [4.69, 9.17) is 0 Å². The number of hydrogen-bond donors (Lipinski definition) is 0. The molecule has 0 fully saturated rings. The van der Waals surface area contributed by atoms with Gasteiger partial charge in [0, 0.05) is 7.05 Å². The molecule has 0 amide bonds. The fourth-order valence-corrected chi connectivity index (χ4v) is 1.72. The van der Waals surface area contributed by atoms with Gasteiger partial charge in [0.2, 0.25) is 0 Å². The molecule has 0 bridgehead atoms. The van der Waals surface area contributed by atoms with Gasteiger partial charge in [-0.3, -0.25) is 4.79 Å². The number of esters is 1. The Morgan fingerprint density at radius 2 is 2.12 bits per heavy atom. The molecule has 17 heavy (non-hydrogen) atoms. The Balaban J connectivity index is 2.75. The molecule has 1 aromatic heterocycles. The predicted molar refractivity (Wildman–Crippen MR) is 63.1 cm³/mol. The highest BCUT2D eigenvalue weighted by Crippen LogP contribution is 2.13. The number of benzene rings is 1. The summed E-state index contributed by atoms with van der Waals surface area (Å²) < 4.78 is 6.15. The zero-order valence-corrected chi connectivity index (χ0v) is 9.85. The van der Waals surface area contributed by atoms with Gasteiger partial charge in [0.25, 0.3) is 5.56 Å². The third kappa shape index (κ3) is 1.80. The van der Waals surface area contributed by atoms with Gasteiger partial charge in [-0.05, 0) is 25.1 Å². The Hall–Kier alpha value is -2.17. The van der Waals surface area contributed by atoms with E-state index in [1.807, 2.05) is 0 Å². The monoisotopic (exact) mass is 232 g/mol. The second kappa shape index (κ2) is 4.01. The van der Waals surface area contributed by atoms with Crippen molar-refractivity contribution in [3.63, 3.8) is 0 Å². The molecule has 0 saturated carbocycles. The standard InChI is InChI=1S/C12H12N2O3/c1-7-11(15)14(2)10-5-4-8(12(16)17-3)6-9(10)13-7/h4-6H,1-3H3. The van der Waals surface area contributed by atoms with Crippen LogP contribution in [0.5, 0.6) is 0 Å². The molecule has 0 unspecified atom stereocenters. The van der Waals surface area contributed by atoms with Crippen LogP contribution in [0.25, 0.3) is 11.0 Å². The lowest BCUT2D eigenvalue weighted by molar-refractivity contribution is 0.0601. The second-order valence-corrected chi connectivity index (χ2v) is 3.76. The smallest absolute Gasteiger partial charge is 0.337 e. The summed E-state index contributed by atoms with van der Waals surface area (Å²) in [5.74, 6) is -0.416. The van der Waals surface area contributed by atoms with Crippen LogP contribution in [0.4, 0.5) is 0 Å². The van der Waals surface area contributed by atoms with Gasteiger partial charge in [-0.1, -0.05) is 0 Å². The summed E-state index contributed by atoms with van der Waals surface area (Å²) in [4.78, 5) is 27.2. The van der Waals surface area contributed by atoms with Crippen molar-refractivity contribution >= 4 is 17.0 Å². The van der Waals surface area contributed by atoms with Crippen molar-refractivity contribution in [2.24, 2.45) is 7.05 Å². The summed E-state index contributed by atoms with van der Waals surface area (Å²) in [5.41, 5.74) is 1.98. The van der Waals surface area contributed by atoms with Gasteiger partial charge in [0.1, 0.15) is 5.69 Å². The van der Waals surface area contributed by atoms with Crippen LogP contribution < -0.4 is 5.56 Å². The van der Waals surface area contributed by atoms with Crippen molar-refractivity contribution in [1.82, 2.24) is 9.55 Å². The quantitative estimate of drug-likeness (QED) is 0.689. The van der Waals surface area contributed by atoms with Crippen LogP contribution in [0.15, 0.2) is 23.0 Å². The van der Waals surface area contributed by atoms with Crippen LogP contribution in [-0.4, -0.2) is 22.6 Å². The van der Waals surface area contributed by atoms with Gasteiger partial charge in [-0.25, -0.2) is 9.78 Å². The maximum absolute atomic E-state index is 11.7. The van der Waals surface area contributed by atoms with E-state index in [1.54, 1.807) is 32.2 Å². The first kappa shape index (κ1) is 11.3. The molecule has 0 aliphatic heterocycles. The second-order valence-electron chi connectivity index (χ2n) is 3.76. The van der Waals surface area contributed by atoms with E-state index in [0.29, 0.717) is 22.3 Å². The molecule has 2 rings (SSSR count). The Labute approximate surface area is 97.7 Å². The van der Waals surface area contributed by atoms with E-state index in [1.165, 1.54) is 11.7 Å². The molecule has 0 N–H and O–H groups in total. The fraction of sp³-hybridized carbons (Fsp3) is 0.250. The van der Waals surface area contributed by atoms with E-state index in [-0.39, 0.29) is 5.56 Å². The zero-order valence-electron chi connectivity index (χ0n) is 9.85. The van der Waals surface area contributed by atoms with Gasteiger partial charge >= 0.3 is 5.97 Å². The first-order valence-corrected chi connectivity index (χ1v) is 5.10. The molecule has 0 atom stereocenters. The van der Waals surface area contributed by atoms with Gasteiger partial charge in [0.05, 0.1) is 23.7 Å². The molecule has 0 radical (unpaired) electrons. The number of aryl methyl sites for hydroxylation is 2. The predicted octanol–water partition coefficient (Wildman–Crippen LogP) is 1.03. The van der Waals surface area contributed by atoms with Crippen molar-refractivity contribution in [3.8, 4) is 0 Å². The number of fused-ring (bicyclic) bond motifs is 1. The highest BCUT2D eigenvalue weighted by atomic mass is 16.5. The molecule has 1 aromatic carbocycles. The van der Waals surface area contributed by atoms with Crippen molar-refractivity contribution in [1.29, 1.82) is 0 Å². The lowest BCUT2D eigenvalue weighted by Crippen LogP contribution is -2.21. The maximum Gasteiger partial charge on any atom is 0.337 e. The summed E-state index contributed by atoms with van der Waals surface area (Å²) in [7, 11) is 3.00. The SMILES string of the molecule is COC(=O)c1ccc2c(c1)nc(C)c(=O)n2C. The van der Waals surface area contributed by atoms with Crippen molar-refractivity contribution < 1.29 is 9.53 Å². The topological polar surface area (TPSA) is 61.2 Å². The molecule has 5 nitrogen and oxygen atoms in total. The fourth-order valence-electron chi connectivity index (χ4n) is 1.72. The highest BCUT2D eigenvalue weighted by Gasteiger charge is 2.09. The molecule has 88 valence electrons. The van der Waals surface area contributed by atoms with Crippen LogP contribution in [0.3, 0.4) is 0 Å². The van der Waals surface area contributed by atoms with Gasteiger partial charge in [0.15, 0.2) is 0 Å². The van der Waals surface area contributed by atoms with E-state index < -0.39 is 5.97 Å². The first-order valence-electron chi connectivity index (χ1n) is 5.10. The van der Waals surface area contributed by atoms with E-state index in [2.05, 4.69) is 9.72 Å². The summed E-state index contributed by atoms with van der Waals surface area (Å²) in [6.07, 6.45) is 0. The number of carbonyl (C=O) groups excluding carboxylic acids is 1. The third-order valence-electron chi connectivity index (χ3n) is 2.66. The van der Waals surface area contributed by atoms with Crippen LogP contribution >= 0.6 is 0 Å². The summed E-state index contributed by atoms with van der Waals surface area (Å²) in [6, 6.07) is 4.92. The normalized spacial score (nSPS) is 10.5. The Morgan fingerprint density at radius 1 is 1.41 bits per heavy atom. The molecule has 0 spiro atoms. The molecule has 5 heteroatoms. The van der Waals surface area contributed by atoms with E-state index >= 15 is 0 Å². The lowest BCUT2D eigenvalue weighted by Gasteiger charge is -2.06. The van der Waals surface area contributed by atoms with Crippen LogP contribution in [0.2, 0.25) is 0 Å². The number of hydrogen-bond acceptors (Lipinski definition) is 4. The minimum absolute atomic E-state index is 0.136. The van der Waals surface area contributed by atoms with Crippen molar-refractivity contribution in [3.05, 3.63) is 39.8 Å². The average molecular weight is 232 g/mol. The summed E-state index contributed by atoms with van der Waals surface area (Å²) in [6.45, 7) is 1.65. The van der Waals surface area contributed by atoms with Gasteiger partial charge in [-0.2, -0.15) is 0 Å². The van der Waals surface area contributed by atoms with Gasteiger partial charge < -0.3 is 9.30 Å². The zero-order chi connectivity index (χ0) is 12.6. The van der Waals surface area contributed by atoms with Crippen molar-refractivity contribution in [2.75, 3.05) is 7.11 Å². The summed E-state index contributed by atoms with van der Waals surface area (Å²) >= 11 is 0. The van der Waals surface area contributed by atoms with E-state index in [0.717, 1.165) is 0 Å². The van der Waals surface area contributed by atoms with Crippen LogP contribution in [-0.2, 0) is 11.8 Å². The maximum atomic E-state index is 11.7. The third-order valence-corrected chi connectivity index (χ3v) is 2.66. The largest absolute Gasteiger partial charge is 0.465 e. The van der Waals surface area contributed by atoms with E-state index in [9.17, 15) is 9.59 Å². The number of aromatic nitrogens is 2. The van der Waals surface area contributed by atoms with Gasteiger partial charge in [-0.15, -0.1) is 0 Å². The molecular weight excluding hydrogens is 220 g/mol. The van der Waals surface area contributed by atoms with Crippen LogP contribution in [0.1, 0.15) is 16.1 Å². The van der Waals surface area contributed by atoms with Crippen LogP contribution in [0, 0.1) is 6.92 Å². The minimum Gasteiger partial charge on any atom is -0.465 e. The average Bonchev–Trinajstić information content (AvgIpc) is 2.34. The number of rotatable bonds is 1. The molecule has 2 aromatic rings. The summed E-state index contributed by atoms with van der Waals surface area (Å²) in [5, 5.41) is 0. The molecule has 1 heterocycles. The minimum atomic E-state index is -0.416. The first-order chi connectivity index (χ1) is 8.04. The number of methoxy groups -OCH3 is 1. The highest BCUT2D eigenvalue weighted by molar-refractivity contribution is 5.93. The number of nitrogens with zero attached hydrogens (tertiary/aromatic N) is 2. The molecule has 0 saturated heterocycles. The molecular formula is C12H12N2O3.